The number of aldehydes is 2. The number of ketones is 3. The SMILES string of the molecule is CC(/C=C/C1(C)C(C)CCC(=O)C1C)=C\Cc1c(O)c(Cl)c(C)c(C=O)c1O.CC(=O)Oc1c(Cl)c(C)c(C(=O)O)c(OC(C)=O)c1C/C=C(C)/C=C/C1(C)C(C)CCC(=O)C1C.CC(=O)Oc1c(Cl)c(C)c(C=O)c(OC(C)=O)c1C/C=C(C)/C=C/C1(C)C(C)CCC(=O)C1C. The first-order chi connectivity index (χ1) is 45.1. The van der Waals surface area contributed by atoms with Gasteiger partial charge in [-0.2, -0.15) is 0 Å². The fourth-order valence-corrected chi connectivity index (χ4v) is 13.2. The van der Waals surface area contributed by atoms with E-state index in [1.807, 2.05) is 71.9 Å². The minimum atomic E-state index is -1.32. The Morgan fingerprint density at radius 1 is 0.454 bits per heavy atom. The summed E-state index contributed by atoms with van der Waals surface area (Å²) in [6, 6.07) is 0. The van der Waals surface area contributed by atoms with Crippen molar-refractivity contribution in [2.24, 2.45) is 51.8 Å². The molecule has 0 spiro atoms. The fourth-order valence-electron chi connectivity index (χ4n) is 12.5. The van der Waals surface area contributed by atoms with Gasteiger partial charge in [0, 0.05) is 81.4 Å². The number of allylic oxidation sites excluding steroid dienone is 12. The number of hydrogen-bond acceptors (Lipinski definition) is 16. The number of ether oxygens (including phenoxy) is 4. The summed E-state index contributed by atoms with van der Waals surface area (Å²) >= 11 is 18.9. The molecule has 526 valence electrons. The van der Waals surface area contributed by atoms with E-state index in [2.05, 4.69) is 59.8 Å². The number of carbonyl (C=O) groups excluding carboxylic acids is 9. The Morgan fingerprint density at radius 3 is 1.08 bits per heavy atom. The topological polar surface area (TPSA) is 268 Å². The number of Topliss-reactive ketones (excluding diaryl/α,β-unsaturated/α-hetero) is 3. The molecule has 9 atom stereocenters. The normalized spacial score (nSPS) is 23.9. The highest BCUT2D eigenvalue weighted by molar-refractivity contribution is 6.34. The van der Waals surface area contributed by atoms with Crippen LogP contribution in [-0.2, 0) is 52.8 Å². The van der Waals surface area contributed by atoms with Gasteiger partial charge < -0.3 is 34.3 Å². The molecule has 0 radical (unpaired) electrons. The first-order valence-electron chi connectivity index (χ1n) is 32.5. The Kier molecular flexibility index (Phi) is 29.2. The van der Waals surface area contributed by atoms with Gasteiger partial charge >= 0.3 is 29.8 Å². The number of phenolic OH excluding ortho intramolecular Hbond substituents is 2. The number of halogens is 3. The standard InChI is InChI=1S/C27H33ClO7.C27H33ClO6.C23H29ClO4/c1-14(12-13-27(7)15(2)9-11-21(31)17(27)4)8-10-20-24(34-18(5)29)22(26(32)33)16(3)23(28)25(20)35-19(6)30;1-15(12-13-27(7)16(2)9-11-23(32)18(27)4)8-10-21-25(33-19(5)30)22(14-29)17(3)24(28)26(21)34-20(6)31;1-13(10-11-23(5)14(2)7-9-19(26)16(23)4)6-8-17-21(27)18(12-25)15(3)20(24)22(17)28/h8,12-13,15,17H,9-11H2,1-7H3,(H,32,33);8,12-14,16,18H,9-11H2,1-7H3;6,10-12,14,16,27-28H,7-9H2,1-5H3/b13-12+,14-8+;13-12+,15-8+;11-10+,13-6+. The number of carboxylic acid groups (broad SMARTS) is 1. The lowest BCUT2D eigenvalue weighted by Crippen LogP contribution is -2.40. The van der Waals surface area contributed by atoms with Gasteiger partial charge in [0.1, 0.15) is 40.2 Å². The highest BCUT2D eigenvalue weighted by atomic mass is 35.5. The summed E-state index contributed by atoms with van der Waals surface area (Å²) in [7, 11) is 0. The van der Waals surface area contributed by atoms with Crippen LogP contribution >= 0.6 is 34.8 Å². The fraction of sp³-hybridized carbons (Fsp3) is 0.481. The van der Waals surface area contributed by atoms with Crippen molar-refractivity contribution in [2.75, 3.05) is 0 Å². The molecule has 0 aromatic heterocycles. The number of carbonyl (C=O) groups is 10. The Bertz CT molecular complexity index is 3800. The first-order valence-corrected chi connectivity index (χ1v) is 33.7. The quantitative estimate of drug-likeness (QED) is 0.0436. The van der Waals surface area contributed by atoms with Crippen LogP contribution in [0.1, 0.15) is 214 Å². The molecule has 9 unspecified atom stereocenters. The third-order valence-electron chi connectivity index (χ3n) is 20.5. The molecule has 0 saturated heterocycles. The second kappa shape index (κ2) is 34.7. The second-order valence-electron chi connectivity index (χ2n) is 26.8. The summed E-state index contributed by atoms with van der Waals surface area (Å²) in [6.07, 6.45) is 23.7. The molecule has 3 aliphatic carbocycles. The van der Waals surface area contributed by atoms with E-state index in [1.54, 1.807) is 19.9 Å². The average Bonchev–Trinajstić information content (AvgIpc) is 0.779. The maximum Gasteiger partial charge on any atom is 0.339 e. The molecular weight excluding hydrogens is 1300 g/mol. The van der Waals surface area contributed by atoms with E-state index in [9.17, 15) is 63.3 Å². The van der Waals surface area contributed by atoms with Crippen LogP contribution in [0.3, 0.4) is 0 Å². The molecule has 3 aliphatic rings. The van der Waals surface area contributed by atoms with E-state index < -0.39 is 29.8 Å². The van der Waals surface area contributed by atoms with Gasteiger partial charge in [0.25, 0.3) is 0 Å². The van der Waals surface area contributed by atoms with E-state index in [0.717, 1.165) is 42.9 Å². The molecule has 3 aromatic carbocycles. The van der Waals surface area contributed by atoms with Gasteiger partial charge in [-0.15, -0.1) is 0 Å². The van der Waals surface area contributed by atoms with Crippen molar-refractivity contribution < 1.29 is 82.2 Å². The molecule has 3 aromatic rings. The van der Waals surface area contributed by atoms with Crippen molar-refractivity contribution in [3.8, 4) is 34.5 Å². The Labute approximate surface area is 585 Å². The Morgan fingerprint density at radius 2 is 0.753 bits per heavy atom. The number of aromatic hydroxyl groups is 2. The van der Waals surface area contributed by atoms with Gasteiger partial charge in [-0.3, -0.25) is 43.2 Å². The predicted molar refractivity (Wildman–Crippen MR) is 377 cm³/mol. The van der Waals surface area contributed by atoms with Crippen LogP contribution in [0.15, 0.2) is 71.4 Å². The highest BCUT2D eigenvalue weighted by Crippen LogP contribution is 2.49. The van der Waals surface area contributed by atoms with Crippen LogP contribution in [0.2, 0.25) is 15.1 Å². The summed E-state index contributed by atoms with van der Waals surface area (Å²) in [5.41, 5.74) is 3.43. The lowest BCUT2D eigenvalue weighted by atomic mass is 9.61. The zero-order chi connectivity index (χ0) is 73.7. The second-order valence-corrected chi connectivity index (χ2v) is 28.0. The van der Waals surface area contributed by atoms with Gasteiger partial charge in [0.2, 0.25) is 0 Å². The lowest BCUT2D eigenvalue weighted by molar-refractivity contribution is -0.133. The molecule has 3 fully saturated rings. The molecule has 3 N–H and O–H groups in total. The van der Waals surface area contributed by atoms with Crippen molar-refractivity contribution in [2.45, 2.75) is 189 Å². The first kappa shape index (κ1) is 81.7. The van der Waals surface area contributed by atoms with Gasteiger partial charge in [-0.25, -0.2) is 4.79 Å². The zero-order valence-electron chi connectivity index (χ0n) is 59.4. The number of rotatable bonds is 19. The molecule has 6 rings (SSSR count). The lowest BCUT2D eigenvalue weighted by Gasteiger charge is -2.42. The van der Waals surface area contributed by atoms with Crippen LogP contribution in [-0.4, -0.2) is 75.1 Å². The van der Waals surface area contributed by atoms with E-state index in [4.69, 9.17) is 53.8 Å². The van der Waals surface area contributed by atoms with Gasteiger partial charge in [-0.1, -0.05) is 169 Å². The number of carboxylic acids is 1. The average molecular weight is 1400 g/mol. The van der Waals surface area contributed by atoms with E-state index in [1.165, 1.54) is 27.7 Å². The molecule has 0 heterocycles. The number of phenols is 2. The molecular formula is C77H95Cl3O17. The largest absolute Gasteiger partial charge is 0.507 e. The summed E-state index contributed by atoms with van der Waals surface area (Å²) in [6.45, 7) is 33.9. The summed E-state index contributed by atoms with van der Waals surface area (Å²) in [5.74, 6) is -2.77. The Hall–Kier alpha value is -7.73. The molecule has 17 nitrogen and oxygen atoms in total. The predicted octanol–water partition coefficient (Wildman–Crippen LogP) is 17.4. The number of benzene rings is 3. The van der Waals surface area contributed by atoms with Crippen molar-refractivity contribution in [1.82, 2.24) is 0 Å². The zero-order valence-corrected chi connectivity index (χ0v) is 61.6. The van der Waals surface area contributed by atoms with Gasteiger partial charge in [0.05, 0.1) is 26.2 Å². The molecule has 0 aliphatic heterocycles. The molecule has 20 heteroatoms. The van der Waals surface area contributed by atoms with Crippen LogP contribution in [0.25, 0.3) is 0 Å². The van der Waals surface area contributed by atoms with Crippen LogP contribution < -0.4 is 18.9 Å². The molecule has 3 saturated carbocycles. The van der Waals surface area contributed by atoms with Crippen molar-refractivity contribution >= 4 is 94.6 Å². The summed E-state index contributed by atoms with van der Waals surface area (Å²) < 4.78 is 21.3. The number of hydrogen-bond donors (Lipinski definition) is 3. The maximum atomic E-state index is 12.3. The maximum absolute atomic E-state index is 12.3. The monoisotopic (exact) mass is 1400 g/mol. The molecule has 97 heavy (non-hydrogen) atoms. The van der Waals surface area contributed by atoms with Gasteiger partial charge in [-0.05, 0) is 131 Å². The van der Waals surface area contributed by atoms with Gasteiger partial charge in [0.15, 0.2) is 29.8 Å². The smallest absolute Gasteiger partial charge is 0.339 e. The van der Waals surface area contributed by atoms with Crippen molar-refractivity contribution in [3.05, 3.63) is 137 Å². The minimum Gasteiger partial charge on any atom is -0.507 e. The summed E-state index contributed by atoms with van der Waals surface area (Å²) in [5, 5.41) is 30.5. The third kappa shape index (κ3) is 19.3. The van der Waals surface area contributed by atoms with E-state index >= 15 is 0 Å². The van der Waals surface area contributed by atoms with Crippen molar-refractivity contribution in [1.29, 1.82) is 0 Å². The molecule has 0 bridgehead atoms. The van der Waals surface area contributed by atoms with Crippen LogP contribution in [0.5, 0.6) is 34.5 Å². The highest BCUT2D eigenvalue weighted by Gasteiger charge is 2.44. The number of esters is 4. The molecule has 0 amide bonds. The minimum absolute atomic E-state index is 0.0283. The van der Waals surface area contributed by atoms with E-state index in [0.29, 0.717) is 72.1 Å². The van der Waals surface area contributed by atoms with Crippen LogP contribution in [0, 0.1) is 72.5 Å². The Balaban J connectivity index is 0.000000311. The van der Waals surface area contributed by atoms with Crippen LogP contribution in [0.4, 0.5) is 0 Å². The van der Waals surface area contributed by atoms with E-state index in [-0.39, 0.29) is 148 Å². The summed E-state index contributed by atoms with van der Waals surface area (Å²) in [4.78, 5) is 119. The number of aromatic carboxylic acids is 1. The third-order valence-corrected chi connectivity index (χ3v) is 21.9. The van der Waals surface area contributed by atoms with Crippen molar-refractivity contribution in [3.63, 3.8) is 0 Å².